The number of aryl methyl sites for hydroxylation is 2. The molecule has 180 valence electrons. The first kappa shape index (κ1) is 22.7. The van der Waals surface area contributed by atoms with Gasteiger partial charge in [-0.15, -0.1) is 0 Å². The van der Waals surface area contributed by atoms with Crippen LogP contribution in [0.3, 0.4) is 0 Å². The molecule has 3 aliphatic rings. The maximum atomic E-state index is 13.6. The van der Waals surface area contributed by atoms with E-state index < -0.39 is 5.54 Å². The number of nitrogens with one attached hydrogen (secondary N) is 1. The summed E-state index contributed by atoms with van der Waals surface area (Å²) in [7, 11) is 0. The highest BCUT2D eigenvalue weighted by Gasteiger charge is 2.54. The van der Waals surface area contributed by atoms with Crippen LogP contribution in [0, 0.1) is 19.8 Å². The maximum absolute atomic E-state index is 13.6. The monoisotopic (exact) mass is 463 g/mol. The van der Waals surface area contributed by atoms with E-state index in [2.05, 4.69) is 42.3 Å². The van der Waals surface area contributed by atoms with Gasteiger partial charge in [0.25, 0.3) is 5.91 Å². The lowest BCUT2D eigenvalue weighted by Gasteiger charge is -2.40. The molecule has 5 rings (SSSR count). The maximum Gasteiger partial charge on any atom is 0.325 e. The molecule has 2 aromatic carbocycles. The Morgan fingerprint density at radius 1 is 1.00 bits per heavy atom. The Kier molecular flexibility index (Phi) is 5.98. The number of carbonyl (C=O) groups is 2. The summed E-state index contributed by atoms with van der Waals surface area (Å²) in [6.07, 6.45) is 2.38. The Morgan fingerprint density at radius 2 is 1.76 bits per heavy atom. The van der Waals surface area contributed by atoms with Gasteiger partial charge in [0.05, 0.1) is 6.54 Å². The lowest BCUT2D eigenvalue weighted by molar-refractivity contribution is -0.134. The molecule has 0 unspecified atom stereocenters. The van der Waals surface area contributed by atoms with E-state index in [1.54, 1.807) is 0 Å². The molecule has 0 bridgehead atoms. The molecule has 1 N–H and O–H groups in total. The first-order valence-electron chi connectivity index (χ1n) is 12.2. The molecule has 34 heavy (non-hydrogen) atoms. The number of urea groups is 1. The van der Waals surface area contributed by atoms with Crippen LogP contribution < -0.4 is 14.8 Å². The van der Waals surface area contributed by atoms with Crippen LogP contribution in [-0.2, 0) is 17.9 Å². The lowest BCUT2D eigenvalue weighted by atomic mass is 9.75. The van der Waals surface area contributed by atoms with Crippen molar-refractivity contribution in [3.8, 4) is 11.5 Å². The molecule has 7 nitrogen and oxygen atoms in total. The summed E-state index contributed by atoms with van der Waals surface area (Å²) < 4.78 is 10.8. The van der Waals surface area contributed by atoms with Crippen molar-refractivity contribution in [3.05, 3.63) is 58.7 Å². The predicted molar refractivity (Wildman–Crippen MR) is 129 cm³/mol. The van der Waals surface area contributed by atoms with Gasteiger partial charge in [-0.3, -0.25) is 14.6 Å². The van der Waals surface area contributed by atoms with E-state index in [1.807, 2.05) is 25.1 Å². The molecule has 2 saturated heterocycles. The van der Waals surface area contributed by atoms with Gasteiger partial charge < -0.3 is 14.8 Å². The van der Waals surface area contributed by atoms with Gasteiger partial charge in [-0.1, -0.05) is 36.8 Å². The fraction of sp³-hybridized carbons (Fsp3) is 0.481. The first-order valence-corrected chi connectivity index (χ1v) is 12.2. The van der Waals surface area contributed by atoms with Crippen LogP contribution in [-0.4, -0.2) is 47.2 Å². The van der Waals surface area contributed by atoms with E-state index >= 15 is 0 Å². The zero-order valence-electron chi connectivity index (χ0n) is 20.2. The van der Waals surface area contributed by atoms with Crippen LogP contribution in [0.4, 0.5) is 4.79 Å². The topological polar surface area (TPSA) is 71.1 Å². The summed E-state index contributed by atoms with van der Waals surface area (Å²) in [5.41, 5.74) is 3.99. The first-order chi connectivity index (χ1) is 16.4. The minimum Gasteiger partial charge on any atom is -0.454 e. The number of hydrogen-bond donors (Lipinski definition) is 1. The molecule has 0 aliphatic carbocycles. The Hall–Kier alpha value is -3.06. The number of rotatable bonds is 6. The largest absolute Gasteiger partial charge is 0.454 e. The third-order valence-corrected chi connectivity index (χ3v) is 7.71. The molecule has 0 radical (unpaired) electrons. The van der Waals surface area contributed by atoms with Crippen LogP contribution >= 0.6 is 0 Å². The van der Waals surface area contributed by atoms with Crippen molar-refractivity contribution in [1.82, 2.24) is 15.1 Å². The number of carbonyl (C=O) groups excluding carboxylic acids is 2. The van der Waals surface area contributed by atoms with Crippen LogP contribution in [0.25, 0.3) is 0 Å². The fourth-order valence-electron chi connectivity index (χ4n) is 5.66. The van der Waals surface area contributed by atoms with Crippen LogP contribution in [0.1, 0.15) is 48.4 Å². The third-order valence-electron chi connectivity index (χ3n) is 7.71. The SMILES string of the molecule is CC[C@]1(C2CCN(Cc3ccc(C)cc3C)CC2)NC(=O)N(Cc2ccc3c(c2)OCO3)C1=O. The zero-order valence-corrected chi connectivity index (χ0v) is 20.2. The molecule has 7 heteroatoms. The molecule has 3 heterocycles. The average Bonchev–Trinajstić information content (AvgIpc) is 3.39. The van der Waals surface area contributed by atoms with Gasteiger partial charge in [-0.2, -0.15) is 0 Å². The number of hydrogen-bond acceptors (Lipinski definition) is 5. The highest BCUT2D eigenvalue weighted by atomic mass is 16.7. The summed E-state index contributed by atoms with van der Waals surface area (Å²) in [4.78, 5) is 30.4. The molecular formula is C27H33N3O4. The van der Waals surface area contributed by atoms with Crippen LogP contribution in [0.5, 0.6) is 11.5 Å². The standard InChI is InChI=1S/C27H33N3O4/c1-4-27(22-9-11-29(12-10-22)16-21-7-5-18(2)13-19(21)3)25(31)30(26(32)28-27)15-20-6-8-23-24(14-20)34-17-33-23/h5-8,13-14,22H,4,9-12,15-17H2,1-3H3,(H,28,32)/t27-/m1/s1. The molecule has 2 fully saturated rings. The fourth-order valence-corrected chi connectivity index (χ4v) is 5.66. The van der Waals surface area contributed by atoms with Crippen molar-refractivity contribution in [2.75, 3.05) is 19.9 Å². The van der Waals surface area contributed by atoms with E-state index in [9.17, 15) is 9.59 Å². The van der Waals surface area contributed by atoms with Gasteiger partial charge in [-0.25, -0.2) is 4.79 Å². The second kappa shape index (κ2) is 8.95. The van der Waals surface area contributed by atoms with Crippen molar-refractivity contribution in [1.29, 1.82) is 0 Å². The van der Waals surface area contributed by atoms with E-state index in [1.165, 1.54) is 21.6 Å². The number of amides is 3. The number of nitrogens with zero attached hydrogens (tertiary/aromatic N) is 2. The normalized spacial score (nSPS) is 23.0. The highest BCUT2D eigenvalue weighted by molar-refractivity contribution is 6.07. The van der Waals surface area contributed by atoms with Crippen molar-refractivity contribution >= 4 is 11.9 Å². The van der Waals surface area contributed by atoms with Crippen molar-refractivity contribution < 1.29 is 19.1 Å². The highest BCUT2D eigenvalue weighted by Crippen LogP contribution is 2.38. The van der Waals surface area contributed by atoms with E-state index in [4.69, 9.17) is 9.47 Å². The number of ether oxygens (including phenoxy) is 2. The number of benzene rings is 2. The predicted octanol–water partition coefficient (Wildman–Crippen LogP) is 4.14. The summed E-state index contributed by atoms with van der Waals surface area (Å²) in [5.74, 6) is 1.37. The molecule has 0 spiro atoms. The van der Waals surface area contributed by atoms with Crippen molar-refractivity contribution in [3.63, 3.8) is 0 Å². The second-order valence-corrected chi connectivity index (χ2v) is 9.81. The van der Waals surface area contributed by atoms with Gasteiger partial charge in [-0.05, 0) is 80.9 Å². The molecule has 1 atom stereocenters. The number of likely N-dealkylation sites (tertiary alicyclic amines) is 1. The van der Waals surface area contributed by atoms with Crippen molar-refractivity contribution in [2.24, 2.45) is 5.92 Å². The summed E-state index contributed by atoms with van der Waals surface area (Å²) in [6, 6.07) is 11.9. The summed E-state index contributed by atoms with van der Waals surface area (Å²) in [5, 5.41) is 3.10. The van der Waals surface area contributed by atoms with E-state index in [-0.39, 0.29) is 31.2 Å². The quantitative estimate of drug-likeness (QED) is 0.652. The van der Waals surface area contributed by atoms with Gasteiger partial charge in [0, 0.05) is 6.54 Å². The molecule has 3 aliphatic heterocycles. The number of fused-ring (bicyclic) bond motifs is 1. The van der Waals surface area contributed by atoms with Gasteiger partial charge in [0.15, 0.2) is 11.5 Å². The lowest BCUT2D eigenvalue weighted by Crippen LogP contribution is -2.55. The Morgan fingerprint density at radius 3 is 2.50 bits per heavy atom. The number of imide groups is 1. The minimum absolute atomic E-state index is 0.106. The molecule has 2 aromatic rings. The summed E-state index contributed by atoms with van der Waals surface area (Å²) >= 11 is 0. The smallest absolute Gasteiger partial charge is 0.325 e. The van der Waals surface area contributed by atoms with Gasteiger partial charge >= 0.3 is 6.03 Å². The average molecular weight is 464 g/mol. The Balaban J connectivity index is 1.25. The second-order valence-electron chi connectivity index (χ2n) is 9.81. The van der Waals surface area contributed by atoms with Crippen LogP contribution in [0.15, 0.2) is 36.4 Å². The van der Waals surface area contributed by atoms with Crippen molar-refractivity contribution in [2.45, 2.75) is 58.7 Å². The number of piperidine rings is 1. The third kappa shape index (κ3) is 4.02. The Labute approximate surface area is 201 Å². The van der Waals surface area contributed by atoms with Gasteiger partial charge in [0.2, 0.25) is 6.79 Å². The Bertz CT molecular complexity index is 1110. The van der Waals surface area contributed by atoms with Crippen LogP contribution in [0.2, 0.25) is 0 Å². The molecular weight excluding hydrogens is 430 g/mol. The summed E-state index contributed by atoms with van der Waals surface area (Å²) in [6.45, 7) is 9.49. The van der Waals surface area contributed by atoms with Gasteiger partial charge in [0.1, 0.15) is 5.54 Å². The van der Waals surface area contributed by atoms with E-state index in [0.717, 1.165) is 38.0 Å². The van der Waals surface area contributed by atoms with E-state index in [0.29, 0.717) is 17.9 Å². The molecule has 0 saturated carbocycles. The minimum atomic E-state index is -0.820. The zero-order chi connectivity index (χ0) is 23.9. The molecule has 3 amide bonds. The molecule has 0 aromatic heterocycles.